The summed E-state index contributed by atoms with van der Waals surface area (Å²) in [6.07, 6.45) is 5.81. The third kappa shape index (κ3) is 5.86. The maximum Gasteiger partial charge on any atom is 0.231 e. The topological polar surface area (TPSA) is 110 Å². The maximum absolute atomic E-state index is 14.5. The van der Waals surface area contributed by atoms with Crippen LogP contribution in [0.15, 0.2) is 55.0 Å². The predicted molar refractivity (Wildman–Crippen MR) is 119 cm³/mol. The van der Waals surface area contributed by atoms with E-state index in [9.17, 15) is 17.6 Å². The Bertz CT molecular complexity index is 1220. The molecule has 0 aliphatic heterocycles. The summed E-state index contributed by atoms with van der Waals surface area (Å²) >= 11 is 0. The Morgan fingerprint density at radius 1 is 1.22 bits per heavy atom. The van der Waals surface area contributed by atoms with Crippen molar-refractivity contribution in [3.8, 4) is 17.0 Å². The molecule has 0 saturated heterocycles. The minimum atomic E-state index is -3.45. The molecule has 0 saturated carbocycles. The van der Waals surface area contributed by atoms with Crippen molar-refractivity contribution in [2.45, 2.75) is 19.4 Å². The van der Waals surface area contributed by atoms with Crippen molar-refractivity contribution in [3.63, 3.8) is 0 Å². The van der Waals surface area contributed by atoms with E-state index in [0.717, 1.165) is 6.26 Å². The number of anilines is 1. The van der Waals surface area contributed by atoms with Crippen LogP contribution in [0, 0.1) is 5.82 Å². The van der Waals surface area contributed by atoms with Crippen LogP contribution in [0.4, 0.5) is 10.1 Å². The van der Waals surface area contributed by atoms with Crippen LogP contribution in [0.3, 0.4) is 0 Å². The minimum Gasteiger partial charge on any atom is -0.495 e. The standard InChI is InChI=1S/C22H23FN4O4S/c1-14(15-6-7-16(19(23)9-15)12-26-32(3,29)30)22(28)27-20-10-18(31-2)13-25-21(20)17-5-4-8-24-11-17/h4-11,13-14,26H,12H2,1-3H3,(H,27,28). The van der Waals surface area contributed by atoms with Crippen molar-refractivity contribution in [1.82, 2.24) is 14.7 Å². The first-order valence-electron chi connectivity index (χ1n) is 9.66. The molecular weight excluding hydrogens is 435 g/mol. The molecule has 2 heterocycles. The van der Waals surface area contributed by atoms with E-state index in [1.165, 1.54) is 19.2 Å². The van der Waals surface area contributed by atoms with Gasteiger partial charge in [-0.05, 0) is 30.7 Å². The van der Waals surface area contributed by atoms with Gasteiger partial charge in [0.05, 0.1) is 36.9 Å². The lowest BCUT2D eigenvalue weighted by atomic mass is 9.98. The van der Waals surface area contributed by atoms with Crippen LogP contribution in [-0.4, -0.2) is 37.7 Å². The lowest BCUT2D eigenvalue weighted by Gasteiger charge is -2.16. The molecule has 3 rings (SSSR count). The summed E-state index contributed by atoms with van der Waals surface area (Å²) in [4.78, 5) is 21.4. The normalized spacial score (nSPS) is 12.2. The molecule has 1 amide bonds. The van der Waals surface area contributed by atoms with E-state index < -0.39 is 21.8 Å². The summed E-state index contributed by atoms with van der Waals surface area (Å²) in [7, 11) is -1.95. The first-order valence-corrected chi connectivity index (χ1v) is 11.6. The quantitative estimate of drug-likeness (QED) is 0.537. The van der Waals surface area contributed by atoms with Gasteiger partial charge >= 0.3 is 0 Å². The highest BCUT2D eigenvalue weighted by molar-refractivity contribution is 7.88. The molecule has 2 aromatic heterocycles. The van der Waals surface area contributed by atoms with Gasteiger partial charge in [-0.15, -0.1) is 0 Å². The number of nitrogens with one attached hydrogen (secondary N) is 2. The number of amides is 1. The van der Waals surface area contributed by atoms with E-state index in [4.69, 9.17) is 4.74 Å². The lowest BCUT2D eigenvalue weighted by Crippen LogP contribution is -2.22. The van der Waals surface area contributed by atoms with E-state index in [1.807, 2.05) is 6.07 Å². The number of aromatic nitrogens is 2. The van der Waals surface area contributed by atoms with Crippen molar-refractivity contribution in [2.75, 3.05) is 18.7 Å². The molecule has 1 aromatic carbocycles. The zero-order valence-electron chi connectivity index (χ0n) is 17.8. The Morgan fingerprint density at radius 3 is 2.62 bits per heavy atom. The number of carbonyl (C=O) groups is 1. The predicted octanol–water partition coefficient (Wildman–Crippen LogP) is 3.08. The highest BCUT2D eigenvalue weighted by atomic mass is 32.2. The Hall–Kier alpha value is -3.37. The number of pyridine rings is 2. The summed E-state index contributed by atoms with van der Waals surface area (Å²) in [5.41, 5.74) is 2.30. The van der Waals surface area contributed by atoms with Gasteiger partial charge in [0.2, 0.25) is 15.9 Å². The molecule has 10 heteroatoms. The fourth-order valence-electron chi connectivity index (χ4n) is 2.96. The number of hydrogen-bond acceptors (Lipinski definition) is 6. The van der Waals surface area contributed by atoms with Gasteiger partial charge in [-0.25, -0.2) is 17.5 Å². The third-order valence-electron chi connectivity index (χ3n) is 4.79. The number of carbonyl (C=O) groups excluding carboxylic acids is 1. The van der Waals surface area contributed by atoms with E-state index in [-0.39, 0.29) is 18.0 Å². The number of rotatable bonds is 8. The molecule has 1 atom stereocenters. The number of halogens is 1. The summed E-state index contributed by atoms with van der Waals surface area (Å²) in [6.45, 7) is 1.48. The second kappa shape index (κ2) is 9.84. The van der Waals surface area contributed by atoms with Crippen molar-refractivity contribution in [3.05, 3.63) is 71.9 Å². The monoisotopic (exact) mass is 458 g/mol. The van der Waals surface area contributed by atoms with Crippen molar-refractivity contribution >= 4 is 21.6 Å². The molecule has 8 nitrogen and oxygen atoms in total. The van der Waals surface area contributed by atoms with Crippen LogP contribution in [0.2, 0.25) is 0 Å². The Labute approximate surface area is 185 Å². The zero-order chi connectivity index (χ0) is 23.3. The molecule has 2 N–H and O–H groups in total. The van der Waals surface area contributed by atoms with Crippen LogP contribution < -0.4 is 14.8 Å². The minimum absolute atomic E-state index is 0.171. The number of sulfonamides is 1. The van der Waals surface area contributed by atoms with Gasteiger partial charge in [0.15, 0.2) is 0 Å². The molecule has 3 aromatic rings. The van der Waals surface area contributed by atoms with Crippen molar-refractivity contribution in [1.29, 1.82) is 0 Å². The largest absolute Gasteiger partial charge is 0.495 e. The van der Waals surface area contributed by atoms with E-state index in [2.05, 4.69) is 20.0 Å². The summed E-state index contributed by atoms with van der Waals surface area (Å²) < 4.78 is 44.4. The fraction of sp³-hybridized carbons (Fsp3) is 0.227. The first-order chi connectivity index (χ1) is 15.2. The lowest BCUT2D eigenvalue weighted by molar-refractivity contribution is -0.117. The van der Waals surface area contributed by atoms with Gasteiger partial charge in [0.1, 0.15) is 11.6 Å². The zero-order valence-corrected chi connectivity index (χ0v) is 18.6. The summed E-state index contributed by atoms with van der Waals surface area (Å²) in [6, 6.07) is 9.52. The maximum atomic E-state index is 14.5. The Kier molecular flexibility index (Phi) is 7.16. The Morgan fingerprint density at radius 2 is 2.00 bits per heavy atom. The van der Waals surface area contributed by atoms with Crippen molar-refractivity contribution < 1.29 is 22.3 Å². The molecule has 32 heavy (non-hydrogen) atoms. The average molecular weight is 459 g/mol. The summed E-state index contributed by atoms with van der Waals surface area (Å²) in [5, 5.41) is 2.84. The number of nitrogens with zero attached hydrogens (tertiary/aromatic N) is 2. The van der Waals surface area contributed by atoms with Gasteiger partial charge in [0, 0.05) is 36.1 Å². The van der Waals surface area contributed by atoms with Crippen LogP contribution in [-0.2, 0) is 21.4 Å². The van der Waals surface area contributed by atoms with Crippen LogP contribution in [0.5, 0.6) is 5.75 Å². The first kappa shape index (κ1) is 23.3. The smallest absolute Gasteiger partial charge is 0.231 e. The van der Waals surface area contributed by atoms with E-state index in [1.54, 1.807) is 43.7 Å². The molecule has 0 radical (unpaired) electrons. The van der Waals surface area contributed by atoms with E-state index in [0.29, 0.717) is 28.3 Å². The van der Waals surface area contributed by atoms with Crippen LogP contribution >= 0.6 is 0 Å². The molecule has 0 fully saturated rings. The van der Waals surface area contributed by atoms with Crippen LogP contribution in [0.1, 0.15) is 24.0 Å². The highest BCUT2D eigenvalue weighted by Gasteiger charge is 2.20. The fourth-order valence-corrected chi connectivity index (χ4v) is 3.38. The SMILES string of the molecule is COc1cnc(-c2cccnc2)c(NC(=O)C(C)c2ccc(CNS(C)(=O)=O)c(F)c2)c1. The summed E-state index contributed by atoms with van der Waals surface area (Å²) in [5.74, 6) is -1.19. The number of benzene rings is 1. The van der Waals surface area contributed by atoms with Gasteiger partial charge in [0.25, 0.3) is 0 Å². The molecule has 0 bridgehead atoms. The van der Waals surface area contributed by atoms with Crippen molar-refractivity contribution in [2.24, 2.45) is 0 Å². The number of ether oxygens (including phenoxy) is 1. The van der Waals surface area contributed by atoms with Crippen LogP contribution in [0.25, 0.3) is 11.3 Å². The highest BCUT2D eigenvalue weighted by Crippen LogP contribution is 2.30. The second-order valence-corrected chi connectivity index (χ2v) is 9.00. The van der Waals surface area contributed by atoms with E-state index >= 15 is 0 Å². The molecule has 0 aliphatic rings. The molecule has 0 aliphatic carbocycles. The van der Waals surface area contributed by atoms with Gasteiger partial charge in [-0.3, -0.25) is 14.8 Å². The molecule has 1 unspecified atom stereocenters. The van der Waals surface area contributed by atoms with Gasteiger partial charge in [-0.2, -0.15) is 0 Å². The third-order valence-corrected chi connectivity index (χ3v) is 5.46. The average Bonchev–Trinajstić information content (AvgIpc) is 2.77. The van der Waals surface area contributed by atoms with Gasteiger partial charge in [-0.1, -0.05) is 12.1 Å². The number of methoxy groups -OCH3 is 1. The second-order valence-electron chi connectivity index (χ2n) is 7.17. The number of hydrogen-bond donors (Lipinski definition) is 2. The van der Waals surface area contributed by atoms with Gasteiger partial charge < -0.3 is 10.1 Å². The molecule has 0 spiro atoms. The Balaban J connectivity index is 1.82. The molecular formula is C22H23FN4O4S. The molecule has 168 valence electrons.